The van der Waals surface area contributed by atoms with Gasteiger partial charge in [-0.25, -0.2) is 4.79 Å². The summed E-state index contributed by atoms with van der Waals surface area (Å²) in [5.74, 6) is 0.478. The first-order chi connectivity index (χ1) is 16.7. The van der Waals surface area contributed by atoms with Gasteiger partial charge in [0.1, 0.15) is 0 Å². The van der Waals surface area contributed by atoms with Crippen molar-refractivity contribution >= 4 is 17.0 Å². The molecule has 1 amide bonds. The van der Waals surface area contributed by atoms with Crippen LogP contribution in [0, 0.1) is 0 Å². The van der Waals surface area contributed by atoms with Gasteiger partial charge in [-0.3, -0.25) is 0 Å². The van der Waals surface area contributed by atoms with Crippen molar-refractivity contribution in [1.82, 2.24) is 20.1 Å². The number of fused-ring (bicyclic) bond motifs is 1. The fourth-order valence-corrected chi connectivity index (χ4v) is 5.29. The van der Waals surface area contributed by atoms with Crippen LogP contribution in [0.15, 0.2) is 54.6 Å². The smallest absolute Gasteiger partial charge is 0.393 e. The van der Waals surface area contributed by atoms with E-state index >= 15 is 0 Å². The molecule has 3 heterocycles. The first-order valence-electron chi connectivity index (χ1n) is 12.8. The first kappa shape index (κ1) is 22.9. The van der Waals surface area contributed by atoms with E-state index in [1.54, 1.807) is 0 Å². The zero-order valence-electron chi connectivity index (χ0n) is 20.0. The van der Waals surface area contributed by atoms with Crippen LogP contribution in [-0.2, 0) is 0 Å². The largest absolute Gasteiger partial charge is 0.414 e. The van der Waals surface area contributed by atoms with Crippen LogP contribution in [0.5, 0.6) is 5.88 Å². The van der Waals surface area contributed by atoms with Crippen LogP contribution in [-0.4, -0.2) is 66.2 Å². The number of carbonyl (C=O) groups excluding carboxylic acids is 1. The first-order valence-corrected chi connectivity index (χ1v) is 12.8. The second kappa shape index (κ2) is 11.1. The predicted molar refractivity (Wildman–Crippen MR) is 137 cm³/mol. The summed E-state index contributed by atoms with van der Waals surface area (Å²) in [6.07, 6.45) is 7.03. The highest BCUT2D eigenvalue weighted by molar-refractivity contribution is 5.96. The SMILES string of the molecule is O=C(NC1CCN(CCN2CCCCCC2)CC1)Oc1cc2c(-c3ccccc3)cccc2[nH]1. The molecule has 6 nitrogen and oxygen atoms in total. The lowest BCUT2D eigenvalue weighted by Crippen LogP contribution is -2.47. The summed E-state index contributed by atoms with van der Waals surface area (Å²) in [6.45, 7) is 6.88. The number of benzene rings is 2. The van der Waals surface area contributed by atoms with Gasteiger partial charge < -0.3 is 24.8 Å². The zero-order valence-corrected chi connectivity index (χ0v) is 20.0. The molecule has 0 radical (unpaired) electrons. The van der Waals surface area contributed by atoms with Gasteiger partial charge in [0, 0.05) is 49.2 Å². The summed E-state index contributed by atoms with van der Waals surface area (Å²) in [6, 6.07) is 18.5. The number of aromatic amines is 1. The standard InChI is InChI=1S/C28H36N4O2/c33-28(29-23-13-17-32(18-14-23)20-19-31-15-6-1-2-7-16-31)34-27-21-25-24(11-8-12-26(25)30-27)22-9-4-3-5-10-22/h3-5,8-12,21,23,30H,1-2,6-7,13-20H2,(H,29,33). The van der Waals surface area contributed by atoms with Gasteiger partial charge in [0.15, 0.2) is 0 Å². The third-order valence-corrected chi connectivity index (χ3v) is 7.27. The molecule has 0 unspecified atom stereocenters. The number of nitrogens with one attached hydrogen (secondary N) is 2. The molecule has 0 aliphatic carbocycles. The fourth-order valence-electron chi connectivity index (χ4n) is 5.29. The molecule has 2 N–H and O–H groups in total. The molecule has 0 spiro atoms. The Morgan fingerprint density at radius 3 is 2.32 bits per heavy atom. The summed E-state index contributed by atoms with van der Waals surface area (Å²) >= 11 is 0. The molecule has 0 saturated carbocycles. The number of carbonyl (C=O) groups is 1. The highest BCUT2D eigenvalue weighted by Gasteiger charge is 2.22. The van der Waals surface area contributed by atoms with Gasteiger partial charge in [-0.1, -0.05) is 55.3 Å². The fraction of sp³-hybridized carbons (Fsp3) is 0.464. The number of nitrogens with zero attached hydrogens (tertiary/aromatic N) is 2. The number of rotatable bonds is 6. The Hall–Kier alpha value is -2.83. The van der Waals surface area contributed by atoms with E-state index < -0.39 is 0 Å². The van der Waals surface area contributed by atoms with Gasteiger partial charge >= 0.3 is 6.09 Å². The van der Waals surface area contributed by atoms with Gasteiger partial charge in [-0.15, -0.1) is 0 Å². The molecule has 2 saturated heterocycles. The minimum Gasteiger partial charge on any atom is -0.393 e. The summed E-state index contributed by atoms with van der Waals surface area (Å²) < 4.78 is 5.63. The van der Waals surface area contributed by atoms with E-state index in [4.69, 9.17) is 4.74 Å². The van der Waals surface area contributed by atoms with Crippen LogP contribution in [0.4, 0.5) is 4.79 Å². The molecule has 180 valence electrons. The monoisotopic (exact) mass is 460 g/mol. The number of hydrogen-bond acceptors (Lipinski definition) is 4. The van der Waals surface area contributed by atoms with Gasteiger partial charge in [-0.2, -0.15) is 0 Å². The van der Waals surface area contributed by atoms with E-state index in [0.717, 1.165) is 54.5 Å². The minimum atomic E-state index is -0.379. The third kappa shape index (κ3) is 5.80. The molecule has 1 aromatic heterocycles. The summed E-state index contributed by atoms with van der Waals surface area (Å²) in [7, 11) is 0. The Balaban J connectivity index is 1.11. The van der Waals surface area contributed by atoms with Gasteiger partial charge in [0.05, 0.1) is 0 Å². The molecule has 2 aliphatic rings. The lowest BCUT2D eigenvalue weighted by Gasteiger charge is -2.33. The van der Waals surface area contributed by atoms with Crippen molar-refractivity contribution in [3.63, 3.8) is 0 Å². The summed E-state index contributed by atoms with van der Waals surface area (Å²) in [5.41, 5.74) is 3.23. The lowest BCUT2D eigenvalue weighted by molar-refractivity contribution is 0.157. The Morgan fingerprint density at radius 1 is 0.882 bits per heavy atom. The van der Waals surface area contributed by atoms with Gasteiger partial charge in [0.25, 0.3) is 0 Å². The van der Waals surface area contributed by atoms with Crippen molar-refractivity contribution in [1.29, 1.82) is 0 Å². The van der Waals surface area contributed by atoms with Crippen LogP contribution in [0.2, 0.25) is 0 Å². The Morgan fingerprint density at radius 2 is 1.59 bits per heavy atom. The second-order valence-electron chi connectivity index (χ2n) is 9.67. The number of piperidine rings is 1. The van der Waals surface area contributed by atoms with Gasteiger partial charge in [0.2, 0.25) is 5.88 Å². The molecule has 3 aromatic rings. The molecule has 0 atom stereocenters. The maximum atomic E-state index is 12.6. The van der Waals surface area contributed by atoms with Crippen LogP contribution in [0.25, 0.3) is 22.0 Å². The average molecular weight is 461 g/mol. The Labute approximate surface area is 202 Å². The molecule has 2 aliphatic heterocycles. The van der Waals surface area contributed by atoms with Crippen molar-refractivity contribution in [2.75, 3.05) is 39.3 Å². The molecule has 5 rings (SSSR count). The Bertz CT molecular complexity index is 1060. The topological polar surface area (TPSA) is 60.6 Å². The van der Waals surface area contributed by atoms with Crippen LogP contribution in [0.3, 0.4) is 0 Å². The number of likely N-dealkylation sites (tertiary alicyclic amines) is 2. The number of amides is 1. The molecule has 2 fully saturated rings. The van der Waals surface area contributed by atoms with Crippen molar-refractivity contribution in [3.8, 4) is 17.0 Å². The van der Waals surface area contributed by atoms with Crippen LogP contribution in [0.1, 0.15) is 38.5 Å². The van der Waals surface area contributed by atoms with E-state index in [0.29, 0.717) is 5.88 Å². The zero-order chi connectivity index (χ0) is 23.2. The van der Waals surface area contributed by atoms with Crippen LogP contribution < -0.4 is 10.1 Å². The van der Waals surface area contributed by atoms with Crippen LogP contribution >= 0.6 is 0 Å². The second-order valence-corrected chi connectivity index (χ2v) is 9.67. The number of hydrogen-bond donors (Lipinski definition) is 2. The molecule has 34 heavy (non-hydrogen) atoms. The van der Waals surface area contributed by atoms with E-state index in [1.165, 1.54) is 45.3 Å². The minimum absolute atomic E-state index is 0.172. The van der Waals surface area contributed by atoms with E-state index in [-0.39, 0.29) is 12.1 Å². The molecular formula is C28H36N4O2. The van der Waals surface area contributed by atoms with Gasteiger partial charge in [-0.05, 0) is 56.0 Å². The van der Waals surface area contributed by atoms with E-state index in [1.807, 2.05) is 36.4 Å². The molecule has 6 heteroatoms. The Kier molecular flexibility index (Phi) is 7.46. The third-order valence-electron chi connectivity index (χ3n) is 7.27. The van der Waals surface area contributed by atoms with E-state index in [9.17, 15) is 4.79 Å². The quantitative estimate of drug-likeness (QED) is 0.527. The summed E-state index contributed by atoms with van der Waals surface area (Å²) in [5, 5.41) is 4.12. The average Bonchev–Trinajstić information content (AvgIpc) is 3.09. The lowest BCUT2D eigenvalue weighted by atomic mass is 10.0. The maximum absolute atomic E-state index is 12.6. The predicted octanol–water partition coefficient (Wildman–Crippen LogP) is 5.26. The molecule has 2 aromatic carbocycles. The van der Waals surface area contributed by atoms with Crippen molar-refractivity contribution < 1.29 is 9.53 Å². The number of ether oxygens (including phenoxy) is 1. The van der Waals surface area contributed by atoms with Crippen molar-refractivity contribution in [3.05, 3.63) is 54.6 Å². The van der Waals surface area contributed by atoms with Crippen molar-refractivity contribution in [2.45, 2.75) is 44.6 Å². The highest BCUT2D eigenvalue weighted by Crippen LogP contribution is 2.31. The van der Waals surface area contributed by atoms with Crippen molar-refractivity contribution in [2.24, 2.45) is 0 Å². The maximum Gasteiger partial charge on any atom is 0.414 e. The number of aromatic nitrogens is 1. The number of H-pyrrole nitrogens is 1. The molecular weight excluding hydrogens is 424 g/mol. The summed E-state index contributed by atoms with van der Waals surface area (Å²) in [4.78, 5) is 21.0. The highest BCUT2D eigenvalue weighted by atomic mass is 16.6. The molecule has 0 bridgehead atoms. The van der Waals surface area contributed by atoms with E-state index in [2.05, 4.69) is 38.3 Å². The normalized spacial score (nSPS) is 18.6.